The summed E-state index contributed by atoms with van der Waals surface area (Å²) in [6, 6.07) is 3.72. The molecule has 5 heteroatoms. The zero-order valence-electron chi connectivity index (χ0n) is 7.94. The minimum absolute atomic E-state index is 0.253. The summed E-state index contributed by atoms with van der Waals surface area (Å²) in [4.78, 5) is 4.12. The molecule has 0 bridgehead atoms. The van der Waals surface area contributed by atoms with Crippen molar-refractivity contribution >= 4 is 16.9 Å². The number of nitriles is 1. The number of rotatable bonds is 0. The summed E-state index contributed by atoms with van der Waals surface area (Å²) >= 11 is 0. The average molecular weight is 187 g/mol. The second-order valence-electron chi connectivity index (χ2n) is 3.11. The molecule has 0 aromatic carbocycles. The van der Waals surface area contributed by atoms with E-state index in [-0.39, 0.29) is 5.82 Å². The largest absolute Gasteiger partial charge is 0.383 e. The number of anilines is 1. The van der Waals surface area contributed by atoms with E-state index >= 15 is 0 Å². The molecule has 0 fully saturated rings. The summed E-state index contributed by atoms with van der Waals surface area (Å²) in [5.41, 5.74) is 7.56. The Morgan fingerprint density at radius 2 is 2.29 bits per heavy atom. The van der Waals surface area contributed by atoms with Gasteiger partial charge >= 0.3 is 0 Å². The molecular formula is C9H9N5. The van der Waals surface area contributed by atoms with Crippen LogP contribution < -0.4 is 5.73 Å². The minimum Gasteiger partial charge on any atom is -0.383 e. The third kappa shape index (κ3) is 1.01. The first-order valence-corrected chi connectivity index (χ1v) is 4.13. The quantitative estimate of drug-likeness (QED) is 0.659. The third-order valence-electron chi connectivity index (χ3n) is 2.15. The van der Waals surface area contributed by atoms with Gasteiger partial charge in [-0.2, -0.15) is 10.4 Å². The number of aryl methyl sites for hydroxylation is 2. The normalized spacial score (nSPS) is 10.4. The molecule has 0 radical (unpaired) electrons. The highest BCUT2D eigenvalue weighted by atomic mass is 15.3. The molecule has 0 aliphatic heterocycles. The predicted molar refractivity (Wildman–Crippen MR) is 52.4 cm³/mol. The second kappa shape index (κ2) is 2.70. The number of hydrogen-bond donors (Lipinski definition) is 1. The molecule has 2 aromatic rings. The van der Waals surface area contributed by atoms with Crippen molar-refractivity contribution in [1.82, 2.24) is 14.8 Å². The molecule has 2 heterocycles. The maximum absolute atomic E-state index is 8.78. The summed E-state index contributed by atoms with van der Waals surface area (Å²) in [7, 11) is 1.80. The zero-order valence-corrected chi connectivity index (χ0v) is 7.94. The number of hydrogen-bond acceptors (Lipinski definition) is 4. The lowest BCUT2D eigenvalue weighted by molar-refractivity contribution is 0.774. The van der Waals surface area contributed by atoms with Crippen LogP contribution in [0.2, 0.25) is 0 Å². The van der Waals surface area contributed by atoms with E-state index in [1.165, 1.54) is 0 Å². The van der Waals surface area contributed by atoms with E-state index in [2.05, 4.69) is 10.1 Å². The monoisotopic (exact) mass is 187 g/mol. The van der Waals surface area contributed by atoms with Gasteiger partial charge in [0.05, 0.1) is 11.3 Å². The van der Waals surface area contributed by atoms with Crippen molar-refractivity contribution in [2.24, 2.45) is 7.05 Å². The SMILES string of the molecule is Cc1nn(C)c2nc(N)c(C#N)cc12. The van der Waals surface area contributed by atoms with Crippen LogP contribution in [0.25, 0.3) is 11.0 Å². The maximum Gasteiger partial charge on any atom is 0.160 e. The van der Waals surface area contributed by atoms with Crippen LogP contribution in [0.5, 0.6) is 0 Å². The Morgan fingerprint density at radius 3 is 2.93 bits per heavy atom. The third-order valence-corrected chi connectivity index (χ3v) is 2.15. The van der Waals surface area contributed by atoms with Crippen LogP contribution in [0.4, 0.5) is 5.82 Å². The smallest absolute Gasteiger partial charge is 0.160 e. The lowest BCUT2D eigenvalue weighted by atomic mass is 10.2. The highest BCUT2D eigenvalue weighted by Gasteiger charge is 2.09. The van der Waals surface area contributed by atoms with Gasteiger partial charge in [0, 0.05) is 12.4 Å². The van der Waals surface area contributed by atoms with E-state index in [9.17, 15) is 0 Å². The van der Waals surface area contributed by atoms with Crippen LogP contribution in [0.3, 0.4) is 0 Å². The van der Waals surface area contributed by atoms with E-state index < -0.39 is 0 Å². The average Bonchev–Trinajstić information content (AvgIpc) is 2.41. The molecule has 0 saturated heterocycles. The van der Waals surface area contributed by atoms with Crippen LogP contribution in [0.1, 0.15) is 11.3 Å². The Morgan fingerprint density at radius 1 is 1.57 bits per heavy atom. The molecule has 0 spiro atoms. The van der Waals surface area contributed by atoms with Crippen LogP contribution in [-0.2, 0) is 7.05 Å². The molecule has 0 atom stereocenters. The number of aromatic nitrogens is 3. The zero-order chi connectivity index (χ0) is 10.3. The van der Waals surface area contributed by atoms with Crippen molar-refractivity contribution < 1.29 is 0 Å². The van der Waals surface area contributed by atoms with Crippen molar-refractivity contribution in [3.8, 4) is 6.07 Å². The molecule has 14 heavy (non-hydrogen) atoms. The van der Waals surface area contributed by atoms with Gasteiger partial charge in [0.15, 0.2) is 5.65 Å². The molecule has 2 aromatic heterocycles. The highest BCUT2D eigenvalue weighted by Crippen LogP contribution is 2.19. The van der Waals surface area contributed by atoms with Gasteiger partial charge < -0.3 is 5.73 Å². The van der Waals surface area contributed by atoms with E-state index in [1.54, 1.807) is 17.8 Å². The molecule has 0 unspecified atom stereocenters. The minimum atomic E-state index is 0.253. The lowest BCUT2D eigenvalue weighted by Gasteiger charge is -1.97. The van der Waals surface area contributed by atoms with Crippen LogP contribution in [-0.4, -0.2) is 14.8 Å². The molecule has 0 saturated carbocycles. The molecule has 70 valence electrons. The Bertz CT molecular complexity index is 546. The molecule has 2 N–H and O–H groups in total. The fourth-order valence-corrected chi connectivity index (χ4v) is 1.45. The summed E-state index contributed by atoms with van der Waals surface area (Å²) in [5.74, 6) is 0.253. The summed E-state index contributed by atoms with van der Waals surface area (Å²) in [5, 5.41) is 13.8. The fraction of sp³-hybridized carbons (Fsp3) is 0.222. The number of fused-ring (bicyclic) bond motifs is 1. The van der Waals surface area contributed by atoms with E-state index in [1.807, 2.05) is 13.0 Å². The number of nitrogen functional groups attached to an aromatic ring is 1. The summed E-state index contributed by atoms with van der Waals surface area (Å²) in [6.45, 7) is 1.88. The Hall–Kier alpha value is -2.09. The molecule has 0 aliphatic carbocycles. The summed E-state index contributed by atoms with van der Waals surface area (Å²) < 4.78 is 1.65. The molecule has 5 nitrogen and oxygen atoms in total. The van der Waals surface area contributed by atoms with Gasteiger partial charge in [-0.25, -0.2) is 4.98 Å². The number of nitrogens with zero attached hydrogens (tertiary/aromatic N) is 4. The molecule has 2 rings (SSSR count). The molecule has 0 aliphatic rings. The van der Waals surface area contributed by atoms with Gasteiger partial charge in [0.25, 0.3) is 0 Å². The van der Waals surface area contributed by atoms with Crippen molar-refractivity contribution in [2.75, 3.05) is 5.73 Å². The summed E-state index contributed by atoms with van der Waals surface area (Å²) in [6.07, 6.45) is 0. The fourth-order valence-electron chi connectivity index (χ4n) is 1.45. The molecular weight excluding hydrogens is 178 g/mol. The Balaban J connectivity index is 2.91. The van der Waals surface area contributed by atoms with E-state index in [0.717, 1.165) is 11.1 Å². The van der Waals surface area contributed by atoms with Crippen molar-refractivity contribution in [1.29, 1.82) is 5.26 Å². The standard InChI is InChI=1S/C9H9N5/c1-5-7-3-6(4-10)8(11)12-9(7)14(2)13-5/h3H,1-2H3,(H2,11,12). The second-order valence-corrected chi connectivity index (χ2v) is 3.11. The first-order chi connectivity index (χ1) is 6.63. The number of nitrogens with two attached hydrogens (primary N) is 1. The van der Waals surface area contributed by atoms with Crippen LogP contribution >= 0.6 is 0 Å². The first-order valence-electron chi connectivity index (χ1n) is 4.13. The predicted octanol–water partition coefficient (Wildman–Crippen LogP) is 0.731. The van der Waals surface area contributed by atoms with E-state index in [0.29, 0.717) is 11.2 Å². The maximum atomic E-state index is 8.78. The van der Waals surface area contributed by atoms with Gasteiger partial charge in [0.2, 0.25) is 0 Å². The first kappa shape index (κ1) is 8.51. The van der Waals surface area contributed by atoms with E-state index in [4.69, 9.17) is 11.0 Å². The highest BCUT2D eigenvalue weighted by molar-refractivity contribution is 5.82. The Labute approximate surface area is 80.8 Å². The van der Waals surface area contributed by atoms with Gasteiger partial charge in [-0.1, -0.05) is 0 Å². The van der Waals surface area contributed by atoms with Gasteiger partial charge in [-0.15, -0.1) is 0 Å². The van der Waals surface area contributed by atoms with Crippen molar-refractivity contribution in [3.63, 3.8) is 0 Å². The topological polar surface area (TPSA) is 80.5 Å². The van der Waals surface area contributed by atoms with Crippen LogP contribution in [0, 0.1) is 18.3 Å². The van der Waals surface area contributed by atoms with Crippen molar-refractivity contribution in [2.45, 2.75) is 6.92 Å². The van der Waals surface area contributed by atoms with Gasteiger partial charge in [-0.3, -0.25) is 4.68 Å². The van der Waals surface area contributed by atoms with Crippen molar-refractivity contribution in [3.05, 3.63) is 17.3 Å². The Kier molecular flexibility index (Phi) is 1.64. The van der Waals surface area contributed by atoms with Gasteiger partial charge in [-0.05, 0) is 13.0 Å². The van der Waals surface area contributed by atoms with Gasteiger partial charge in [0.1, 0.15) is 11.9 Å². The lowest BCUT2D eigenvalue weighted by Crippen LogP contribution is -1.98. The number of pyridine rings is 1. The molecule has 0 amide bonds. The van der Waals surface area contributed by atoms with Crippen LogP contribution in [0.15, 0.2) is 6.07 Å².